The van der Waals surface area contributed by atoms with Gasteiger partial charge in [0, 0.05) is 37.6 Å². The van der Waals surface area contributed by atoms with Gasteiger partial charge in [-0.25, -0.2) is 19.4 Å². The van der Waals surface area contributed by atoms with Gasteiger partial charge in [-0.1, -0.05) is 5.21 Å². The van der Waals surface area contributed by atoms with E-state index in [0.717, 1.165) is 17.0 Å². The van der Waals surface area contributed by atoms with Crippen molar-refractivity contribution >= 4 is 17.8 Å². The Labute approximate surface area is 145 Å². The van der Waals surface area contributed by atoms with Crippen molar-refractivity contribution in [2.24, 2.45) is 0 Å². The van der Waals surface area contributed by atoms with Crippen molar-refractivity contribution in [3.05, 3.63) is 29.0 Å². The first-order valence-corrected chi connectivity index (χ1v) is 7.72. The molecule has 0 atom stereocenters. The number of aromatic nitrogens is 5. The van der Waals surface area contributed by atoms with Gasteiger partial charge in [0.05, 0.1) is 6.20 Å². The van der Waals surface area contributed by atoms with Crippen LogP contribution in [-0.2, 0) is 17.9 Å². The lowest BCUT2D eigenvalue weighted by molar-refractivity contribution is -0.122. The number of nitrogens with one attached hydrogen (secondary N) is 2. The van der Waals surface area contributed by atoms with Crippen LogP contribution in [-0.4, -0.2) is 55.9 Å². The smallest absolute Gasteiger partial charge is 0.322 e. The van der Waals surface area contributed by atoms with Crippen molar-refractivity contribution in [1.29, 1.82) is 0 Å². The minimum atomic E-state index is -0.318. The molecule has 0 saturated carbocycles. The molecule has 2 aromatic heterocycles. The topological polar surface area (TPSA) is 118 Å². The Kier molecular flexibility index (Phi) is 5.63. The molecule has 3 amide bonds. The van der Waals surface area contributed by atoms with Crippen LogP contribution in [0.1, 0.15) is 22.8 Å². The van der Waals surface area contributed by atoms with Gasteiger partial charge < -0.3 is 10.2 Å². The third-order valence-electron chi connectivity index (χ3n) is 3.48. The molecule has 0 aliphatic heterocycles. The molecule has 10 nitrogen and oxygen atoms in total. The summed E-state index contributed by atoms with van der Waals surface area (Å²) < 4.78 is 1.35. The van der Waals surface area contributed by atoms with Crippen LogP contribution in [0.3, 0.4) is 0 Å². The Hall–Kier alpha value is -3.04. The maximum Gasteiger partial charge on any atom is 0.322 e. The van der Waals surface area contributed by atoms with Crippen LogP contribution in [0.5, 0.6) is 0 Å². The lowest BCUT2D eigenvalue weighted by atomic mass is 10.1. The van der Waals surface area contributed by atoms with Crippen molar-refractivity contribution in [3.63, 3.8) is 0 Å². The molecule has 2 heterocycles. The lowest BCUT2D eigenvalue weighted by Gasteiger charge is -2.10. The van der Waals surface area contributed by atoms with Crippen LogP contribution < -0.4 is 10.6 Å². The molecular formula is C15H22N8O2. The van der Waals surface area contributed by atoms with Crippen LogP contribution in [0.4, 0.5) is 10.6 Å². The van der Waals surface area contributed by atoms with Crippen LogP contribution in [0.2, 0.25) is 0 Å². The first kappa shape index (κ1) is 18.3. The van der Waals surface area contributed by atoms with E-state index in [-0.39, 0.29) is 24.3 Å². The van der Waals surface area contributed by atoms with E-state index in [9.17, 15) is 9.59 Å². The van der Waals surface area contributed by atoms with Crippen LogP contribution in [0.25, 0.3) is 0 Å². The summed E-state index contributed by atoms with van der Waals surface area (Å²) in [4.78, 5) is 33.6. The summed E-state index contributed by atoms with van der Waals surface area (Å²) >= 11 is 0. The van der Waals surface area contributed by atoms with Crippen LogP contribution in [0, 0.1) is 20.8 Å². The number of nitrogens with zero attached hydrogens (tertiary/aromatic N) is 6. The third-order valence-corrected chi connectivity index (χ3v) is 3.48. The summed E-state index contributed by atoms with van der Waals surface area (Å²) in [6, 6.07) is -0.318. The quantitative estimate of drug-likeness (QED) is 0.809. The number of carbonyl (C=O) groups is 2. The molecule has 0 aliphatic rings. The highest BCUT2D eigenvalue weighted by Gasteiger charge is 2.11. The number of urea groups is 1. The summed E-state index contributed by atoms with van der Waals surface area (Å²) in [5.41, 5.74) is 2.59. The molecule has 134 valence electrons. The molecule has 0 saturated heterocycles. The van der Waals surface area contributed by atoms with Crippen molar-refractivity contribution < 1.29 is 9.59 Å². The SMILES string of the molecule is Cc1nc(C)c(CNC(=O)Cn2cc(NC(=O)N(C)C)nn2)c(C)n1. The average molecular weight is 346 g/mol. The van der Waals surface area contributed by atoms with Crippen molar-refractivity contribution in [2.75, 3.05) is 19.4 Å². The number of hydrogen-bond acceptors (Lipinski definition) is 6. The maximum absolute atomic E-state index is 12.1. The summed E-state index contributed by atoms with van der Waals surface area (Å²) in [7, 11) is 3.23. The monoisotopic (exact) mass is 346 g/mol. The molecule has 0 unspecified atom stereocenters. The molecule has 0 bridgehead atoms. The standard InChI is InChI=1S/C15H22N8O2/c1-9-12(10(2)18-11(3)17-9)6-16-14(24)8-23-7-13(20-21-23)19-15(25)22(4)5/h7H,6,8H2,1-5H3,(H,16,24)(H,19,25). The molecular weight excluding hydrogens is 324 g/mol. The second-order valence-corrected chi connectivity index (χ2v) is 5.82. The summed E-state index contributed by atoms with van der Waals surface area (Å²) in [6.07, 6.45) is 1.49. The van der Waals surface area contributed by atoms with Gasteiger partial charge in [-0.05, 0) is 20.8 Å². The largest absolute Gasteiger partial charge is 0.350 e. The number of hydrogen-bond donors (Lipinski definition) is 2. The molecule has 2 aromatic rings. The zero-order chi connectivity index (χ0) is 18.6. The molecule has 25 heavy (non-hydrogen) atoms. The van der Waals surface area contributed by atoms with Crippen molar-refractivity contribution in [2.45, 2.75) is 33.9 Å². The average Bonchev–Trinajstić information content (AvgIpc) is 2.92. The fraction of sp³-hybridized carbons (Fsp3) is 0.467. The maximum atomic E-state index is 12.1. The molecule has 0 radical (unpaired) electrons. The highest BCUT2D eigenvalue weighted by molar-refractivity contribution is 5.87. The summed E-state index contributed by atoms with van der Waals surface area (Å²) in [5.74, 6) is 0.764. The first-order valence-electron chi connectivity index (χ1n) is 7.72. The van der Waals surface area contributed by atoms with Crippen LogP contribution >= 0.6 is 0 Å². The predicted molar refractivity (Wildman–Crippen MR) is 90.8 cm³/mol. The lowest BCUT2D eigenvalue weighted by Crippen LogP contribution is -2.28. The minimum absolute atomic E-state index is 0.00432. The summed E-state index contributed by atoms with van der Waals surface area (Å²) in [6.45, 7) is 5.95. The van der Waals surface area contributed by atoms with Gasteiger partial charge >= 0.3 is 6.03 Å². The molecule has 2 rings (SSSR count). The second kappa shape index (κ2) is 7.69. The number of rotatable bonds is 5. The number of carbonyl (C=O) groups excluding carboxylic acids is 2. The van der Waals surface area contributed by atoms with E-state index >= 15 is 0 Å². The zero-order valence-corrected chi connectivity index (χ0v) is 15.0. The zero-order valence-electron chi connectivity index (χ0n) is 15.0. The third kappa shape index (κ3) is 4.96. The Morgan fingerprint density at radius 3 is 2.40 bits per heavy atom. The van der Waals surface area contributed by atoms with Gasteiger partial charge in [-0.2, -0.15) is 0 Å². The fourth-order valence-corrected chi connectivity index (χ4v) is 2.21. The number of aryl methyl sites for hydroxylation is 3. The Balaban J connectivity index is 1.91. The van der Waals surface area contributed by atoms with E-state index in [1.165, 1.54) is 15.8 Å². The molecule has 0 spiro atoms. The molecule has 0 aromatic carbocycles. The second-order valence-electron chi connectivity index (χ2n) is 5.82. The highest BCUT2D eigenvalue weighted by atomic mass is 16.2. The van der Waals surface area contributed by atoms with E-state index in [1.54, 1.807) is 14.1 Å². The van der Waals surface area contributed by atoms with Crippen molar-refractivity contribution in [3.8, 4) is 0 Å². The minimum Gasteiger partial charge on any atom is -0.350 e. The van der Waals surface area contributed by atoms with E-state index in [2.05, 4.69) is 30.9 Å². The number of anilines is 1. The molecule has 0 fully saturated rings. The highest BCUT2D eigenvalue weighted by Crippen LogP contribution is 2.09. The van der Waals surface area contributed by atoms with E-state index in [0.29, 0.717) is 12.4 Å². The van der Waals surface area contributed by atoms with Gasteiger partial charge in [0.2, 0.25) is 5.91 Å². The van der Waals surface area contributed by atoms with E-state index < -0.39 is 0 Å². The van der Waals surface area contributed by atoms with E-state index in [1.807, 2.05) is 20.8 Å². The van der Waals surface area contributed by atoms with Crippen molar-refractivity contribution in [1.82, 2.24) is 35.2 Å². The molecule has 2 N–H and O–H groups in total. The number of amides is 3. The Morgan fingerprint density at radius 1 is 1.16 bits per heavy atom. The first-order chi connectivity index (χ1) is 11.8. The normalized spacial score (nSPS) is 10.4. The van der Waals surface area contributed by atoms with Gasteiger partial charge in [-0.3, -0.25) is 10.1 Å². The fourth-order valence-electron chi connectivity index (χ4n) is 2.21. The molecule has 10 heteroatoms. The van der Waals surface area contributed by atoms with Gasteiger partial charge in [0.25, 0.3) is 0 Å². The molecule has 0 aliphatic carbocycles. The van der Waals surface area contributed by atoms with E-state index in [4.69, 9.17) is 0 Å². The predicted octanol–water partition coefficient (Wildman–Crippen LogP) is 0.403. The van der Waals surface area contributed by atoms with Crippen LogP contribution in [0.15, 0.2) is 6.20 Å². The van der Waals surface area contributed by atoms with Gasteiger partial charge in [-0.15, -0.1) is 5.10 Å². The van der Waals surface area contributed by atoms with Gasteiger partial charge in [0.15, 0.2) is 5.82 Å². The summed E-state index contributed by atoms with van der Waals surface area (Å²) in [5, 5.41) is 13.0. The Bertz CT molecular complexity index is 761. The van der Waals surface area contributed by atoms with Gasteiger partial charge in [0.1, 0.15) is 12.4 Å². The Morgan fingerprint density at radius 2 is 1.80 bits per heavy atom.